The molecule has 5 nitrogen and oxygen atoms in total. The van der Waals surface area contributed by atoms with Crippen LogP contribution in [0.2, 0.25) is 0 Å². The van der Waals surface area contributed by atoms with E-state index in [0.29, 0.717) is 18.4 Å². The van der Waals surface area contributed by atoms with Gasteiger partial charge in [-0.2, -0.15) is 0 Å². The van der Waals surface area contributed by atoms with Gasteiger partial charge in [-0.05, 0) is 25.3 Å². The summed E-state index contributed by atoms with van der Waals surface area (Å²) in [5.41, 5.74) is 0. The van der Waals surface area contributed by atoms with Crippen molar-refractivity contribution in [1.82, 2.24) is 10.2 Å². The fraction of sp³-hybridized carbons (Fsp3) is 0.923. The second-order valence-corrected chi connectivity index (χ2v) is 5.15. The Morgan fingerprint density at radius 2 is 2.28 bits per heavy atom. The van der Waals surface area contributed by atoms with Crippen molar-refractivity contribution >= 4 is 5.97 Å². The first-order chi connectivity index (χ1) is 8.65. The summed E-state index contributed by atoms with van der Waals surface area (Å²) in [7, 11) is 1.43. The molecule has 1 heterocycles. The van der Waals surface area contributed by atoms with Gasteiger partial charge >= 0.3 is 5.97 Å². The van der Waals surface area contributed by atoms with E-state index in [1.165, 1.54) is 13.5 Å². The Morgan fingerprint density at radius 3 is 2.94 bits per heavy atom. The fourth-order valence-corrected chi connectivity index (χ4v) is 2.53. The van der Waals surface area contributed by atoms with Crippen molar-refractivity contribution in [3.05, 3.63) is 0 Å². The van der Waals surface area contributed by atoms with Gasteiger partial charge in [-0.15, -0.1) is 0 Å². The lowest BCUT2D eigenvalue weighted by Crippen LogP contribution is -2.49. The van der Waals surface area contributed by atoms with E-state index in [2.05, 4.69) is 21.9 Å². The predicted molar refractivity (Wildman–Crippen MR) is 70.3 cm³/mol. The van der Waals surface area contributed by atoms with Crippen molar-refractivity contribution in [2.45, 2.75) is 32.2 Å². The molecule has 106 valence electrons. The monoisotopic (exact) mass is 258 g/mol. The van der Waals surface area contributed by atoms with Gasteiger partial charge in [0.05, 0.1) is 13.5 Å². The summed E-state index contributed by atoms with van der Waals surface area (Å²) < 4.78 is 4.67. The highest BCUT2D eigenvalue weighted by atomic mass is 16.5. The molecule has 0 aromatic rings. The van der Waals surface area contributed by atoms with Gasteiger partial charge in [-0.3, -0.25) is 4.79 Å². The SMILES string of the molecule is COC(=O)CCN1CC(C)CC(NCCCO)C1. The topological polar surface area (TPSA) is 61.8 Å². The lowest BCUT2D eigenvalue weighted by atomic mass is 9.95. The van der Waals surface area contributed by atoms with Gasteiger partial charge in [0.25, 0.3) is 0 Å². The number of piperidine rings is 1. The number of esters is 1. The molecule has 1 aliphatic rings. The van der Waals surface area contributed by atoms with Crippen LogP contribution in [-0.4, -0.2) is 61.9 Å². The molecule has 2 atom stereocenters. The molecule has 1 saturated heterocycles. The van der Waals surface area contributed by atoms with Crippen LogP contribution < -0.4 is 5.32 Å². The summed E-state index contributed by atoms with van der Waals surface area (Å²) >= 11 is 0. The van der Waals surface area contributed by atoms with Crippen LogP contribution in [0, 0.1) is 5.92 Å². The summed E-state index contributed by atoms with van der Waals surface area (Å²) in [6.07, 6.45) is 2.43. The van der Waals surface area contributed by atoms with Crippen LogP contribution in [0.3, 0.4) is 0 Å². The molecule has 0 bridgehead atoms. The highest BCUT2D eigenvalue weighted by Crippen LogP contribution is 2.16. The van der Waals surface area contributed by atoms with Crippen molar-refractivity contribution in [2.24, 2.45) is 5.92 Å². The molecular weight excluding hydrogens is 232 g/mol. The van der Waals surface area contributed by atoms with E-state index in [4.69, 9.17) is 5.11 Å². The van der Waals surface area contributed by atoms with Crippen LogP contribution in [0.4, 0.5) is 0 Å². The van der Waals surface area contributed by atoms with Gasteiger partial charge < -0.3 is 20.1 Å². The van der Waals surface area contributed by atoms with E-state index < -0.39 is 0 Å². The maximum Gasteiger partial charge on any atom is 0.306 e. The number of rotatable bonds is 7. The molecule has 18 heavy (non-hydrogen) atoms. The highest BCUT2D eigenvalue weighted by Gasteiger charge is 2.24. The minimum atomic E-state index is -0.141. The average molecular weight is 258 g/mol. The Hall–Kier alpha value is -0.650. The van der Waals surface area contributed by atoms with E-state index in [9.17, 15) is 4.79 Å². The van der Waals surface area contributed by atoms with E-state index in [0.717, 1.165) is 32.6 Å². The van der Waals surface area contributed by atoms with Crippen molar-refractivity contribution in [2.75, 3.05) is 39.9 Å². The lowest BCUT2D eigenvalue weighted by molar-refractivity contribution is -0.141. The van der Waals surface area contributed by atoms with Gasteiger partial charge in [0, 0.05) is 32.3 Å². The molecule has 0 amide bonds. The zero-order valence-electron chi connectivity index (χ0n) is 11.5. The third-order valence-corrected chi connectivity index (χ3v) is 3.36. The van der Waals surface area contributed by atoms with Gasteiger partial charge in [-0.25, -0.2) is 0 Å². The Labute approximate surface area is 109 Å². The second kappa shape index (κ2) is 8.45. The number of methoxy groups -OCH3 is 1. The van der Waals surface area contributed by atoms with Crippen molar-refractivity contribution in [3.63, 3.8) is 0 Å². The third-order valence-electron chi connectivity index (χ3n) is 3.36. The summed E-state index contributed by atoms with van der Waals surface area (Å²) in [6.45, 7) is 6.14. The Bertz CT molecular complexity index is 248. The van der Waals surface area contributed by atoms with Crippen LogP contribution in [0.15, 0.2) is 0 Å². The molecule has 0 radical (unpaired) electrons. The van der Waals surface area contributed by atoms with Crippen molar-refractivity contribution in [3.8, 4) is 0 Å². The summed E-state index contributed by atoms with van der Waals surface area (Å²) in [5, 5.41) is 12.2. The minimum absolute atomic E-state index is 0.141. The molecule has 5 heteroatoms. The number of nitrogens with one attached hydrogen (secondary N) is 1. The van der Waals surface area contributed by atoms with Crippen LogP contribution in [0.25, 0.3) is 0 Å². The highest BCUT2D eigenvalue weighted by molar-refractivity contribution is 5.69. The number of carbonyl (C=O) groups excluding carboxylic acids is 1. The average Bonchev–Trinajstić information content (AvgIpc) is 2.35. The molecule has 0 aromatic heterocycles. The molecule has 2 N–H and O–H groups in total. The number of carbonyl (C=O) groups is 1. The van der Waals surface area contributed by atoms with Crippen LogP contribution in [0.1, 0.15) is 26.2 Å². The largest absolute Gasteiger partial charge is 0.469 e. The Kier molecular flexibility index (Phi) is 7.23. The first kappa shape index (κ1) is 15.4. The van der Waals surface area contributed by atoms with Crippen LogP contribution >= 0.6 is 0 Å². The van der Waals surface area contributed by atoms with Crippen molar-refractivity contribution < 1.29 is 14.6 Å². The Balaban J connectivity index is 2.28. The Morgan fingerprint density at radius 1 is 1.50 bits per heavy atom. The molecule has 0 aliphatic carbocycles. The number of aliphatic hydroxyl groups excluding tert-OH is 1. The van der Waals surface area contributed by atoms with Gasteiger partial charge in [-0.1, -0.05) is 6.92 Å². The molecule has 0 spiro atoms. The number of likely N-dealkylation sites (tertiary alicyclic amines) is 1. The molecule has 2 unspecified atom stereocenters. The number of hydrogen-bond acceptors (Lipinski definition) is 5. The number of hydrogen-bond donors (Lipinski definition) is 2. The zero-order valence-corrected chi connectivity index (χ0v) is 11.5. The molecule has 1 rings (SSSR count). The number of ether oxygens (including phenoxy) is 1. The third kappa shape index (κ3) is 5.80. The normalized spacial score (nSPS) is 25.1. The summed E-state index contributed by atoms with van der Waals surface area (Å²) in [6, 6.07) is 0.470. The molecule has 0 saturated carbocycles. The molecular formula is C13H26N2O3. The molecule has 1 fully saturated rings. The maximum absolute atomic E-state index is 11.1. The van der Waals surface area contributed by atoms with Gasteiger partial charge in [0.2, 0.25) is 0 Å². The zero-order chi connectivity index (χ0) is 13.4. The van der Waals surface area contributed by atoms with Crippen molar-refractivity contribution in [1.29, 1.82) is 0 Å². The standard InChI is InChI=1S/C13H26N2O3/c1-11-8-12(14-5-3-7-16)10-15(9-11)6-4-13(17)18-2/h11-12,14,16H,3-10H2,1-2H3. The number of nitrogens with zero attached hydrogens (tertiary/aromatic N) is 1. The van der Waals surface area contributed by atoms with Gasteiger partial charge in [0.15, 0.2) is 0 Å². The minimum Gasteiger partial charge on any atom is -0.469 e. The van der Waals surface area contributed by atoms with E-state index >= 15 is 0 Å². The second-order valence-electron chi connectivity index (χ2n) is 5.15. The van der Waals surface area contributed by atoms with Gasteiger partial charge in [0.1, 0.15) is 0 Å². The molecule has 0 aromatic carbocycles. The summed E-state index contributed by atoms with van der Waals surface area (Å²) in [5.74, 6) is 0.501. The smallest absolute Gasteiger partial charge is 0.306 e. The quantitative estimate of drug-likeness (QED) is 0.506. The van der Waals surface area contributed by atoms with E-state index in [1.54, 1.807) is 0 Å². The fourth-order valence-electron chi connectivity index (χ4n) is 2.53. The number of aliphatic hydroxyl groups is 1. The molecule has 1 aliphatic heterocycles. The first-order valence-electron chi connectivity index (χ1n) is 6.79. The van der Waals surface area contributed by atoms with Crippen LogP contribution in [0.5, 0.6) is 0 Å². The first-order valence-corrected chi connectivity index (χ1v) is 6.79. The lowest BCUT2D eigenvalue weighted by Gasteiger charge is -2.36. The maximum atomic E-state index is 11.1. The van der Waals surface area contributed by atoms with E-state index in [1.807, 2.05) is 0 Å². The van der Waals surface area contributed by atoms with Crippen LogP contribution in [-0.2, 0) is 9.53 Å². The van der Waals surface area contributed by atoms with E-state index in [-0.39, 0.29) is 12.6 Å². The summed E-state index contributed by atoms with van der Waals surface area (Å²) in [4.78, 5) is 13.5. The predicted octanol–water partition coefficient (Wildman–Crippen LogP) is 0.232.